The van der Waals surface area contributed by atoms with E-state index in [1.54, 1.807) is 25.4 Å². The number of benzene rings is 1. The standard InChI is InChI=1S/C21H26N4O5/c1-29-11-12-30-20-8-5-16(14-22-20)15-23-21(26)18-13-17(25(27)28)6-7-19(18)24-9-3-2-4-10-24/h5-8,13-14H,2-4,9-12,15H2,1H3,(H,23,26). The molecular weight excluding hydrogens is 388 g/mol. The van der Waals surface area contributed by atoms with Crippen LogP contribution in [-0.2, 0) is 11.3 Å². The predicted octanol–water partition coefficient (Wildman–Crippen LogP) is 2.94. The maximum absolute atomic E-state index is 12.9. The average Bonchev–Trinajstić information content (AvgIpc) is 2.78. The Kier molecular flexibility index (Phi) is 7.56. The number of hydrogen-bond donors (Lipinski definition) is 1. The van der Waals surface area contributed by atoms with Crippen molar-refractivity contribution in [2.24, 2.45) is 0 Å². The second kappa shape index (κ2) is 10.5. The van der Waals surface area contributed by atoms with Crippen LogP contribution in [0.15, 0.2) is 36.5 Å². The Hall–Kier alpha value is -3.20. The van der Waals surface area contributed by atoms with Gasteiger partial charge in [-0.1, -0.05) is 6.07 Å². The lowest BCUT2D eigenvalue weighted by Crippen LogP contribution is -2.32. The van der Waals surface area contributed by atoms with Crippen LogP contribution in [0.25, 0.3) is 0 Å². The molecule has 0 spiro atoms. The Labute approximate surface area is 175 Å². The third-order valence-corrected chi connectivity index (χ3v) is 4.92. The van der Waals surface area contributed by atoms with Crippen LogP contribution >= 0.6 is 0 Å². The van der Waals surface area contributed by atoms with Crippen molar-refractivity contribution in [1.29, 1.82) is 0 Å². The summed E-state index contributed by atoms with van der Waals surface area (Å²) in [7, 11) is 1.60. The number of pyridine rings is 1. The van der Waals surface area contributed by atoms with Gasteiger partial charge in [0.05, 0.1) is 22.8 Å². The summed E-state index contributed by atoms with van der Waals surface area (Å²) in [6.07, 6.45) is 4.87. The molecule has 3 rings (SSSR count). The van der Waals surface area contributed by atoms with Crippen molar-refractivity contribution in [2.75, 3.05) is 38.3 Å². The normalized spacial score (nSPS) is 13.7. The fourth-order valence-electron chi connectivity index (χ4n) is 3.34. The number of carbonyl (C=O) groups is 1. The molecule has 0 unspecified atom stereocenters. The fourth-order valence-corrected chi connectivity index (χ4v) is 3.34. The number of nitrogens with zero attached hydrogens (tertiary/aromatic N) is 3. The minimum atomic E-state index is -0.483. The van der Waals surface area contributed by atoms with Crippen LogP contribution in [0.1, 0.15) is 35.2 Å². The van der Waals surface area contributed by atoms with Gasteiger partial charge in [-0.2, -0.15) is 0 Å². The van der Waals surface area contributed by atoms with Gasteiger partial charge in [-0.25, -0.2) is 4.98 Å². The highest BCUT2D eigenvalue weighted by Gasteiger charge is 2.21. The smallest absolute Gasteiger partial charge is 0.270 e. The van der Waals surface area contributed by atoms with E-state index in [9.17, 15) is 14.9 Å². The van der Waals surface area contributed by atoms with E-state index in [1.165, 1.54) is 12.1 Å². The molecule has 1 aliphatic rings. The summed E-state index contributed by atoms with van der Waals surface area (Å²) in [4.78, 5) is 29.9. The molecule has 0 radical (unpaired) electrons. The van der Waals surface area contributed by atoms with Gasteiger partial charge in [0.1, 0.15) is 6.61 Å². The van der Waals surface area contributed by atoms with Gasteiger partial charge in [-0.15, -0.1) is 0 Å². The number of ether oxygens (including phenoxy) is 2. The Morgan fingerprint density at radius 2 is 2.00 bits per heavy atom. The molecule has 1 saturated heterocycles. The SMILES string of the molecule is COCCOc1ccc(CNC(=O)c2cc([N+](=O)[O-])ccc2N2CCCCC2)cn1. The first-order valence-electron chi connectivity index (χ1n) is 9.96. The van der Waals surface area contributed by atoms with Crippen LogP contribution < -0.4 is 15.0 Å². The van der Waals surface area contributed by atoms with Crippen LogP contribution in [0.5, 0.6) is 5.88 Å². The van der Waals surface area contributed by atoms with Gasteiger partial charge >= 0.3 is 0 Å². The Bertz CT molecular complexity index is 866. The van der Waals surface area contributed by atoms with Crippen LogP contribution in [0.2, 0.25) is 0 Å². The van der Waals surface area contributed by atoms with Crippen molar-refractivity contribution >= 4 is 17.3 Å². The lowest BCUT2D eigenvalue weighted by atomic mass is 10.1. The number of piperidine rings is 1. The van der Waals surface area contributed by atoms with Crippen LogP contribution in [-0.4, -0.2) is 49.2 Å². The van der Waals surface area contributed by atoms with E-state index >= 15 is 0 Å². The van der Waals surface area contributed by atoms with Crippen molar-refractivity contribution < 1.29 is 19.2 Å². The first kappa shape index (κ1) is 21.5. The molecule has 1 N–H and O–H groups in total. The number of rotatable bonds is 9. The van der Waals surface area contributed by atoms with Gasteiger partial charge in [0, 0.05) is 51.1 Å². The zero-order chi connectivity index (χ0) is 21.3. The second-order valence-corrected chi connectivity index (χ2v) is 7.03. The quantitative estimate of drug-likeness (QED) is 0.382. The summed E-state index contributed by atoms with van der Waals surface area (Å²) in [5, 5.41) is 14.0. The zero-order valence-corrected chi connectivity index (χ0v) is 17.0. The van der Waals surface area contributed by atoms with Crippen molar-refractivity contribution in [3.8, 4) is 5.88 Å². The third-order valence-electron chi connectivity index (χ3n) is 4.92. The highest BCUT2D eigenvalue weighted by molar-refractivity contribution is 6.00. The molecule has 9 heteroatoms. The molecule has 30 heavy (non-hydrogen) atoms. The molecule has 1 fully saturated rings. The largest absolute Gasteiger partial charge is 0.475 e. The maximum Gasteiger partial charge on any atom is 0.270 e. The topological polar surface area (TPSA) is 107 Å². The lowest BCUT2D eigenvalue weighted by molar-refractivity contribution is -0.384. The zero-order valence-electron chi connectivity index (χ0n) is 17.0. The predicted molar refractivity (Wildman–Crippen MR) is 112 cm³/mol. The van der Waals surface area contributed by atoms with E-state index in [-0.39, 0.29) is 18.1 Å². The van der Waals surface area contributed by atoms with E-state index in [0.29, 0.717) is 24.7 Å². The number of nitro groups is 1. The molecule has 2 heterocycles. The molecule has 1 aliphatic heterocycles. The average molecular weight is 414 g/mol. The van der Waals surface area contributed by atoms with E-state index in [0.717, 1.165) is 43.6 Å². The van der Waals surface area contributed by atoms with E-state index < -0.39 is 4.92 Å². The van der Waals surface area contributed by atoms with Gasteiger partial charge in [0.15, 0.2) is 0 Å². The summed E-state index contributed by atoms with van der Waals surface area (Å²) in [6, 6.07) is 8.02. The highest BCUT2D eigenvalue weighted by Crippen LogP contribution is 2.28. The molecule has 9 nitrogen and oxygen atoms in total. The number of methoxy groups -OCH3 is 1. The number of amides is 1. The number of anilines is 1. The van der Waals surface area contributed by atoms with E-state index in [2.05, 4.69) is 15.2 Å². The number of non-ortho nitro benzene ring substituents is 1. The molecule has 1 aromatic carbocycles. The first-order chi connectivity index (χ1) is 14.6. The first-order valence-corrected chi connectivity index (χ1v) is 9.96. The Balaban J connectivity index is 1.69. The van der Waals surface area contributed by atoms with Crippen molar-refractivity contribution in [3.63, 3.8) is 0 Å². The monoisotopic (exact) mass is 414 g/mol. The minimum Gasteiger partial charge on any atom is -0.475 e. The fraction of sp³-hybridized carbons (Fsp3) is 0.429. The van der Waals surface area contributed by atoms with Crippen molar-refractivity contribution in [2.45, 2.75) is 25.8 Å². The summed E-state index contributed by atoms with van der Waals surface area (Å²) >= 11 is 0. The molecule has 1 aromatic heterocycles. The van der Waals surface area contributed by atoms with Crippen LogP contribution in [0.3, 0.4) is 0 Å². The number of nitro benzene ring substituents is 1. The maximum atomic E-state index is 12.9. The highest BCUT2D eigenvalue weighted by atomic mass is 16.6. The van der Waals surface area contributed by atoms with Crippen molar-refractivity contribution in [3.05, 3.63) is 57.8 Å². The molecule has 0 atom stereocenters. The Morgan fingerprint density at radius 1 is 1.20 bits per heavy atom. The third kappa shape index (κ3) is 5.66. The van der Waals surface area contributed by atoms with Crippen LogP contribution in [0, 0.1) is 10.1 Å². The number of aromatic nitrogens is 1. The van der Waals surface area contributed by atoms with Gasteiger partial charge in [0.25, 0.3) is 11.6 Å². The number of hydrogen-bond acceptors (Lipinski definition) is 7. The molecule has 0 aliphatic carbocycles. The summed E-state index contributed by atoms with van der Waals surface area (Å²) < 4.78 is 10.3. The molecule has 0 bridgehead atoms. The van der Waals surface area contributed by atoms with E-state index in [1.807, 2.05) is 6.07 Å². The van der Waals surface area contributed by atoms with Crippen LogP contribution in [0.4, 0.5) is 11.4 Å². The summed E-state index contributed by atoms with van der Waals surface area (Å²) in [6.45, 7) is 2.82. The molecule has 1 amide bonds. The lowest BCUT2D eigenvalue weighted by Gasteiger charge is -2.30. The van der Waals surface area contributed by atoms with Crippen molar-refractivity contribution in [1.82, 2.24) is 10.3 Å². The Morgan fingerprint density at radius 3 is 2.67 bits per heavy atom. The van der Waals surface area contributed by atoms with E-state index in [4.69, 9.17) is 9.47 Å². The minimum absolute atomic E-state index is 0.0971. The van der Waals surface area contributed by atoms with Gasteiger partial charge in [-0.3, -0.25) is 14.9 Å². The van der Waals surface area contributed by atoms with Gasteiger partial charge in [0.2, 0.25) is 5.88 Å². The van der Waals surface area contributed by atoms with Gasteiger partial charge in [-0.05, 0) is 30.9 Å². The molecule has 0 saturated carbocycles. The second-order valence-electron chi connectivity index (χ2n) is 7.03. The number of nitrogens with one attached hydrogen (secondary N) is 1. The summed E-state index contributed by atoms with van der Waals surface area (Å²) in [5.74, 6) is 0.132. The molecular formula is C21H26N4O5. The van der Waals surface area contributed by atoms with Gasteiger partial charge < -0.3 is 19.7 Å². The molecule has 2 aromatic rings. The summed E-state index contributed by atoms with van der Waals surface area (Å²) in [5.41, 5.74) is 1.75. The molecule has 160 valence electrons. The number of carbonyl (C=O) groups excluding carboxylic acids is 1.